The van der Waals surface area contributed by atoms with Gasteiger partial charge in [0.1, 0.15) is 11.3 Å². The number of imidazole rings is 1. The molecule has 6 nitrogen and oxygen atoms in total. The molecule has 0 atom stereocenters. The number of nitrogens with zero attached hydrogens (tertiary/aromatic N) is 1. The number of carbonyl (C=O) groups is 1. The zero-order valence-electron chi connectivity index (χ0n) is 14.5. The molecule has 0 aliphatic heterocycles. The number of ether oxygens (including phenoxy) is 1. The molecule has 0 aliphatic carbocycles. The quantitative estimate of drug-likeness (QED) is 0.632. The van der Waals surface area contributed by atoms with Crippen molar-refractivity contribution in [2.45, 2.75) is 19.6 Å². The third kappa shape index (κ3) is 3.82. The highest BCUT2D eigenvalue weighted by atomic mass is 32.2. The van der Waals surface area contributed by atoms with Gasteiger partial charge in [-0.2, -0.15) is 11.8 Å². The molecule has 3 aromatic rings. The predicted molar refractivity (Wildman–Crippen MR) is 99.3 cm³/mol. The minimum absolute atomic E-state index is 0.191. The maximum atomic E-state index is 12.4. The van der Waals surface area contributed by atoms with Crippen molar-refractivity contribution >= 4 is 28.6 Å². The maximum Gasteiger partial charge on any atom is 0.287 e. The van der Waals surface area contributed by atoms with E-state index in [0.29, 0.717) is 23.6 Å². The van der Waals surface area contributed by atoms with Gasteiger partial charge in [0.15, 0.2) is 5.76 Å². The first kappa shape index (κ1) is 17.4. The van der Waals surface area contributed by atoms with Gasteiger partial charge < -0.3 is 19.5 Å². The Balaban J connectivity index is 1.55. The first-order valence-electron chi connectivity index (χ1n) is 8.02. The average Bonchev–Trinajstić information content (AvgIpc) is 3.17. The number of benzene rings is 1. The zero-order chi connectivity index (χ0) is 17.8. The van der Waals surface area contributed by atoms with Crippen molar-refractivity contribution in [3.05, 3.63) is 47.2 Å². The fourth-order valence-corrected chi connectivity index (χ4v) is 3.44. The number of H-pyrrole nitrogens is 1. The minimum Gasteiger partial charge on any atom is -0.497 e. The molecule has 0 saturated heterocycles. The van der Waals surface area contributed by atoms with Crippen molar-refractivity contribution in [3.63, 3.8) is 0 Å². The molecular weight excluding hydrogens is 338 g/mol. The summed E-state index contributed by atoms with van der Waals surface area (Å²) in [5.74, 6) is 2.51. The van der Waals surface area contributed by atoms with Crippen LogP contribution in [0, 0.1) is 13.8 Å². The standard InChI is InChI=1S/C18H21N3O3S/c1-11-14-5-4-13(23-3)8-16(14)24-17(11)18(22)19-6-7-25-9-15-12(2)20-10-21-15/h4-5,8,10H,6-7,9H2,1-3H3,(H,19,22)(H,20,21). The van der Waals surface area contributed by atoms with Crippen LogP contribution in [-0.2, 0) is 5.75 Å². The lowest BCUT2D eigenvalue weighted by atomic mass is 10.1. The van der Waals surface area contributed by atoms with Gasteiger partial charge in [0.05, 0.1) is 19.1 Å². The highest BCUT2D eigenvalue weighted by Gasteiger charge is 2.17. The van der Waals surface area contributed by atoms with Gasteiger partial charge in [-0.15, -0.1) is 0 Å². The number of amides is 1. The number of rotatable bonds is 7. The van der Waals surface area contributed by atoms with E-state index in [1.165, 1.54) is 0 Å². The Morgan fingerprint density at radius 1 is 1.40 bits per heavy atom. The third-order valence-electron chi connectivity index (χ3n) is 4.06. The Morgan fingerprint density at radius 3 is 2.96 bits per heavy atom. The van der Waals surface area contributed by atoms with Crippen molar-refractivity contribution in [2.75, 3.05) is 19.4 Å². The molecule has 25 heavy (non-hydrogen) atoms. The van der Waals surface area contributed by atoms with Crippen molar-refractivity contribution in [2.24, 2.45) is 0 Å². The lowest BCUT2D eigenvalue weighted by molar-refractivity contribution is 0.0930. The van der Waals surface area contributed by atoms with Crippen molar-refractivity contribution < 1.29 is 13.9 Å². The molecule has 0 fully saturated rings. The van der Waals surface area contributed by atoms with Gasteiger partial charge in [0, 0.05) is 40.8 Å². The van der Waals surface area contributed by atoms with Gasteiger partial charge in [-0.3, -0.25) is 4.79 Å². The number of aryl methyl sites for hydroxylation is 2. The van der Waals surface area contributed by atoms with Gasteiger partial charge in [-0.05, 0) is 26.0 Å². The highest BCUT2D eigenvalue weighted by molar-refractivity contribution is 7.98. The monoisotopic (exact) mass is 359 g/mol. The number of furan rings is 1. The average molecular weight is 359 g/mol. The maximum absolute atomic E-state index is 12.4. The summed E-state index contributed by atoms with van der Waals surface area (Å²) >= 11 is 1.73. The van der Waals surface area contributed by atoms with Crippen LogP contribution in [0.3, 0.4) is 0 Å². The van der Waals surface area contributed by atoms with Crippen LogP contribution in [0.1, 0.15) is 27.5 Å². The minimum atomic E-state index is -0.191. The molecular formula is C18H21N3O3S. The number of hydrogen-bond donors (Lipinski definition) is 2. The summed E-state index contributed by atoms with van der Waals surface area (Å²) in [6.07, 6.45) is 1.70. The van der Waals surface area contributed by atoms with Crippen LogP contribution in [0.25, 0.3) is 11.0 Å². The van der Waals surface area contributed by atoms with Crippen LogP contribution in [0.4, 0.5) is 0 Å². The number of carbonyl (C=O) groups excluding carboxylic acids is 1. The Hall–Kier alpha value is -2.41. The molecule has 2 heterocycles. The normalized spacial score (nSPS) is 11.0. The van der Waals surface area contributed by atoms with Gasteiger partial charge in [0.2, 0.25) is 0 Å². The summed E-state index contributed by atoms with van der Waals surface area (Å²) in [5, 5.41) is 3.84. The molecule has 0 unspecified atom stereocenters. The van der Waals surface area contributed by atoms with E-state index in [1.807, 2.05) is 26.0 Å². The van der Waals surface area contributed by atoms with Gasteiger partial charge >= 0.3 is 0 Å². The van der Waals surface area contributed by atoms with Gasteiger partial charge in [0.25, 0.3) is 5.91 Å². The Bertz CT molecular complexity index is 885. The molecule has 132 valence electrons. The van der Waals surface area contributed by atoms with Crippen LogP contribution in [0.15, 0.2) is 28.9 Å². The summed E-state index contributed by atoms with van der Waals surface area (Å²) in [7, 11) is 1.60. The van der Waals surface area contributed by atoms with E-state index in [-0.39, 0.29) is 5.91 Å². The van der Waals surface area contributed by atoms with E-state index >= 15 is 0 Å². The van der Waals surface area contributed by atoms with Crippen LogP contribution in [0.5, 0.6) is 5.75 Å². The topological polar surface area (TPSA) is 80.1 Å². The number of aromatic nitrogens is 2. The summed E-state index contributed by atoms with van der Waals surface area (Å²) in [5.41, 5.74) is 3.64. The first-order valence-corrected chi connectivity index (χ1v) is 9.17. The lowest BCUT2D eigenvalue weighted by Crippen LogP contribution is -2.25. The van der Waals surface area contributed by atoms with Crippen molar-refractivity contribution in [3.8, 4) is 5.75 Å². The third-order valence-corrected chi connectivity index (χ3v) is 5.03. The molecule has 0 bridgehead atoms. The molecule has 1 aromatic carbocycles. The molecule has 0 spiro atoms. The number of thioether (sulfide) groups is 1. The molecule has 2 aromatic heterocycles. The van der Waals surface area contributed by atoms with E-state index in [0.717, 1.165) is 33.8 Å². The Labute approximate surface area is 150 Å². The number of aromatic amines is 1. The molecule has 1 amide bonds. The van der Waals surface area contributed by atoms with Crippen molar-refractivity contribution in [1.29, 1.82) is 0 Å². The molecule has 0 aliphatic rings. The van der Waals surface area contributed by atoms with E-state index < -0.39 is 0 Å². The summed E-state index contributed by atoms with van der Waals surface area (Å²) in [6.45, 7) is 4.47. The van der Waals surface area contributed by atoms with Gasteiger partial charge in [-0.1, -0.05) is 0 Å². The summed E-state index contributed by atoms with van der Waals surface area (Å²) in [6, 6.07) is 5.56. The van der Waals surface area contributed by atoms with Crippen LogP contribution >= 0.6 is 11.8 Å². The number of fused-ring (bicyclic) bond motifs is 1. The van der Waals surface area contributed by atoms with Crippen molar-refractivity contribution in [1.82, 2.24) is 15.3 Å². The lowest BCUT2D eigenvalue weighted by Gasteiger charge is -2.04. The SMILES string of the molecule is COc1ccc2c(C)c(C(=O)NCCSCc3nc[nH]c3C)oc2c1. The molecule has 7 heteroatoms. The van der Waals surface area contributed by atoms with Crippen LogP contribution in [0.2, 0.25) is 0 Å². The predicted octanol–water partition coefficient (Wildman–Crippen LogP) is 3.44. The van der Waals surface area contributed by atoms with Crippen LogP contribution < -0.4 is 10.1 Å². The van der Waals surface area contributed by atoms with E-state index in [1.54, 1.807) is 31.3 Å². The number of methoxy groups -OCH3 is 1. The fourth-order valence-electron chi connectivity index (χ4n) is 2.57. The first-order chi connectivity index (χ1) is 12.1. The molecule has 3 rings (SSSR count). The number of nitrogens with one attached hydrogen (secondary N) is 2. The summed E-state index contributed by atoms with van der Waals surface area (Å²) in [4.78, 5) is 19.7. The van der Waals surface area contributed by atoms with E-state index in [4.69, 9.17) is 9.15 Å². The van der Waals surface area contributed by atoms with E-state index in [2.05, 4.69) is 15.3 Å². The summed E-state index contributed by atoms with van der Waals surface area (Å²) < 4.78 is 10.9. The smallest absolute Gasteiger partial charge is 0.287 e. The largest absolute Gasteiger partial charge is 0.497 e. The van der Waals surface area contributed by atoms with E-state index in [9.17, 15) is 4.79 Å². The highest BCUT2D eigenvalue weighted by Crippen LogP contribution is 2.28. The number of hydrogen-bond acceptors (Lipinski definition) is 5. The van der Waals surface area contributed by atoms with Crippen LogP contribution in [-0.4, -0.2) is 35.3 Å². The zero-order valence-corrected chi connectivity index (χ0v) is 15.3. The Morgan fingerprint density at radius 2 is 2.24 bits per heavy atom. The Kier molecular flexibility index (Phi) is 5.33. The molecule has 0 saturated carbocycles. The second kappa shape index (κ2) is 7.65. The molecule has 0 radical (unpaired) electrons. The second-order valence-corrected chi connectivity index (χ2v) is 6.81. The second-order valence-electron chi connectivity index (χ2n) is 5.70. The van der Waals surface area contributed by atoms with Gasteiger partial charge in [-0.25, -0.2) is 4.98 Å². The molecule has 2 N–H and O–H groups in total. The fraction of sp³-hybridized carbons (Fsp3) is 0.333.